The minimum atomic E-state index is -1.53. The molecule has 1 aliphatic rings. The van der Waals surface area contributed by atoms with Crippen molar-refractivity contribution < 1.29 is 33.6 Å². The van der Waals surface area contributed by atoms with Gasteiger partial charge in [-0.1, -0.05) is 19.9 Å². The van der Waals surface area contributed by atoms with Crippen molar-refractivity contribution in [2.45, 2.75) is 58.2 Å². The predicted molar refractivity (Wildman–Crippen MR) is 67.2 cm³/mol. The van der Waals surface area contributed by atoms with E-state index in [0.29, 0.717) is 6.42 Å². The molecule has 2 unspecified atom stereocenters. The molecule has 0 aromatic rings. The molecule has 1 rings (SSSR count). The molecule has 1 saturated heterocycles. The molecule has 7 heteroatoms. The van der Waals surface area contributed by atoms with Gasteiger partial charge in [0.1, 0.15) is 5.60 Å². The van der Waals surface area contributed by atoms with Crippen LogP contribution in [-0.4, -0.2) is 29.8 Å². The maximum atomic E-state index is 11.7. The fourth-order valence-electron chi connectivity index (χ4n) is 1.63. The largest absolute Gasteiger partial charge is 0.511 e. The second kappa shape index (κ2) is 6.23. The van der Waals surface area contributed by atoms with E-state index in [1.165, 1.54) is 6.92 Å². The molecule has 0 aliphatic carbocycles. The van der Waals surface area contributed by atoms with Gasteiger partial charge in [-0.2, -0.15) is 9.78 Å². The van der Waals surface area contributed by atoms with Crippen LogP contribution in [0.3, 0.4) is 0 Å². The van der Waals surface area contributed by atoms with Crippen molar-refractivity contribution in [3.63, 3.8) is 0 Å². The van der Waals surface area contributed by atoms with E-state index in [9.17, 15) is 9.59 Å². The molecule has 114 valence electrons. The Morgan fingerprint density at radius 1 is 1.45 bits per heavy atom. The molecule has 1 heterocycles. The van der Waals surface area contributed by atoms with E-state index in [0.717, 1.165) is 12.5 Å². The third-order valence-electron chi connectivity index (χ3n) is 2.62. The summed E-state index contributed by atoms with van der Waals surface area (Å²) in [6.07, 6.45) is 0.427. The molecule has 20 heavy (non-hydrogen) atoms. The van der Waals surface area contributed by atoms with Crippen LogP contribution in [0.4, 0.5) is 4.79 Å². The zero-order valence-electron chi connectivity index (χ0n) is 12.1. The van der Waals surface area contributed by atoms with Crippen LogP contribution >= 0.6 is 0 Å². The van der Waals surface area contributed by atoms with E-state index in [-0.39, 0.29) is 0 Å². The lowest BCUT2D eigenvalue weighted by molar-refractivity contribution is -0.595. The summed E-state index contributed by atoms with van der Waals surface area (Å²) < 4.78 is 15.0. The maximum absolute atomic E-state index is 11.7. The first-order valence-corrected chi connectivity index (χ1v) is 6.32. The first-order valence-electron chi connectivity index (χ1n) is 6.32. The highest BCUT2D eigenvalue weighted by Crippen LogP contribution is 2.33. The van der Waals surface area contributed by atoms with E-state index in [2.05, 4.69) is 16.4 Å². The van der Waals surface area contributed by atoms with Gasteiger partial charge in [0, 0.05) is 13.0 Å². The van der Waals surface area contributed by atoms with Crippen LogP contribution in [0.1, 0.15) is 40.5 Å². The van der Waals surface area contributed by atoms with Crippen molar-refractivity contribution in [3.8, 4) is 0 Å². The van der Waals surface area contributed by atoms with Gasteiger partial charge in [-0.05, 0) is 20.3 Å². The topological polar surface area (TPSA) is 80.3 Å². The summed E-state index contributed by atoms with van der Waals surface area (Å²) in [7, 11) is 0. The van der Waals surface area contributed by atoms with Crippen molar-refractivity contribution in [1.29, 1.82) is 0 Å². The number of carbonyl (C=O) groups excluding carboxylic acids is 2. The lowest BCUT2D eigenvalue weighted by Crippen LogP contribution is -2.59. The average molecular weight is 288 g/mol. The normalized spacial score (nSPS) is 25.3. The first kappa shape index (κ1) is 16.5. The van der Waals surface area contributed by atoms with Crippen molar-refractivity contribution in [2.24, 2.45) is 0 Å². The number of hydrogen-bond donors (Lipinski definition) is 0. The van der Waals surface area contributed by atoms with Gasteiger partial charge < -0.3 is 14.2 Å². The lowest BCUT2D eigenvalue weighted by Gasteiger charge is -2.41. The predicted octanol–water partition coefficient (Wildman–Crippen LogP) is 2.45. The molecule has 0 radical (unpaired) electrons. The van der Waals surface area contributed by atoms with Crippen molar-refractivity contribution in [1.82, 2.24) is 0 Å². The minimum Gasteiger partial charge on any atom is -0.428 e. The molecule has 0 saturated carbocycles. The number of esters is 1. The summed E-state index contributed by atoms with van der Waals surface area (Å²) in [5.74, 6) is -2.24. The molecule has 7 nitrogen and oxygen atoms in total. The van der Waals surface area contributed by atoms with Crippen LogP contribution in [0, 0.1) is 0 Å². The van der Waals surface area contributed by atoms with Gasteiger partial charge in [-0.3, -0.25) is 0 Å². The number of hydrogen-bond acceptors (Lipinski definition) is 7. The fourth-order valence-corrected chi connectivity index (χ4v) is 1.63. The van der Waals surface area contributed by atoms with Crippen LogP contribution in [0.15, 0.2) is 12.7 Å². The van der Waals surface area contributed by atoms with Gasteiger partial charge in [-0.15, -0.1) is 0 Å². The maximum Gasteiger partial charge on any atom is 0.511 e. The monoisotopic (exact) mass is 288 g/mol. The van der Waals surface area contributed by atoms with E-state index in [4.69, 9.17) is 14.2 Å². The second-order valence-electron chi connectivity index (χ2n) is 5.13. The Bertz CT molecular complexity index is 390. The zero-order valence-corrected chi connectivity index (χ0v) is 12.1. The summed E-state index contributed by atoms with van der Waals surface area (Å²) in [4.78, 5) is 32.0. The molecule has 0 aromatic carbocycles. The van der Waals surface area contributed by atoms with Crippen LogP contribution in [-0.2, 0) is 28.8 Å². The quantitative estimate of drug-likeness (QED) is 0.422. The summed E-state index contributed by atoms with van der Waals surface area (Å²) in [5.41, 5.74) is -0.653. The fraction of sp³-hybridized carbons (Fsp3) is 0.692. The van der Waals surface area contributed by atoms with Gasteiger partial charge in [-0.25, -0.2) is 9.59 Å². The SMILES string of the molecule is C=CC(=O)OC1OOC1(C)OC(=O)OC(C)(C)CCC. The van der Waals surface area contributed by atoms with Crippen molar-refractivity contribution in [3.05, 3.63) is 12.7 Å². The summed E-state index contributed by atoms with van der Waals surface area (Å²) in [6, 6.07) is 0. The zero-order chi connectivity index (χ0) is 15.4. The molecule has 0 N–H and O–H groups in total. The Morgan fingerprint density at radius 2 is 2.10 bits per heavy atom. The van der Waals surface area contributed by atoms with E-state index < -0.39 is 29.8 Å². The molecule has 1 aliphatic heterocycles. The van der Waals surface area contributed by atoms with E-state index >= 15 is 0 Å². The van der Waals surface area contributed by atoms with Crippen molar-refractivity contribution >= 4 is 12.1 Å². The lowest BCUT2D eigenvalue weighted by atomic mass is 10.0. The molecule has 0 aromatic heterocycles. The van der Waals surface area contributed by atoms with Crippen LogP contribution < -0.4 is 0 Å². The molecule has 0 bridgehead atoms. The molecular formula is C13H20O7. The highest BCUT2D eigenvalue weighted by atomic mass is 17.3. The van der Waals surface area contributed by atoms with Gasteiger partial charge in [0.25, 0.3) is 0 Å². The highest BCUT2D eigenvalue weighted by Gasteiger charge is 2.55. The number of ether oxygens (including phenoxy) is 3. The van der Waals surface area contributed by atoms with E-state index in [1.807, 2.05) is 6.92 Å². The smallest absolute Gasteiger partial charge is 0.428 e. The summed E-state index contributed by atoms with van der Waals surface area (Å²) in [5, 5.41) is 0. The molecule has 0 spiro atoms. The Kier molecular flexibility index (Phi) is 5.13. The number of rotatable bonds is 6. The second-order valence-corrected chi connectivity index (χ2v) is 5.13. The van der Waals surface area contributed by atoms with E-state index in [1.54, 1.807) is 13.8 Å². The third-order valence-corrected chi connectivity index (χ3v) is 2.62. The Hall–Kier alpha value is -1.60. The van der Waals surface area contributed by atoms with Crippen LogP contribution in [0.25, 0.3) is 0 Å². The van der Waals surface area contributed by atoms with Gasteiger partial charge >= 0.3 is 24.2 Å². The minimum absolute atomic E-state index is 0.653. The standard InChI is InChI=1S/C13H20O7/c1-6-8-12(3,4)17-11(15)18-13(5)10(19-20-13)16-9(14)7-2/h7,10H,2,6,8H2,1,3-5H3. The Balaban J connectivity index is 2.52. The Labute approximate surface area is 117 Å². The molecular weight excluding hydrogens is 268 g/mol. The third kappa shape index (κ3) is 4.21. The van der Waals surface area contributed by atoms with Gasteiger partial charge in [0.05, 0.1) is 0 Å². The molecule has 0 amide bonds. The molecule has 2 atom stereocenters. The molecule has 1 fully saturated rings. The first-order chi connectivity index (χ1) is 9.22. The van der Waals surface area contributed by atoms with Gasteiger partial charge in [0.15, 0.2) is 0 Å². The highest BCUT2D eigenvalue weighted by molar-refractivity contribution is 5.81. The summed E-state index contributed by atoms with van der Waals surface area (Å²) >= 11 is 0. The van der Waals surface area contributed by atoms with Crippen LogP contribution in [0.5, 0.6) is 0 Å². The van der Waals surface area contributed by atoms with Crippen LogP contribution in [0.2, 0.25) is 0 Å². The van der Waals surface area contributed by atoms with Crippen molar-refractivity contribution in [2.75, 3.05) is 0 Å². The Morgan fingerprint density at radius 3 is 2.55 bits per heavy atom. The average Bonchev–Trinajstić information content (AvgIpc) is 2.33. The van der Waals surface area contributed by atoms with Gasteiger partial charge in [0.2, 0.25) is 0 Å². The summed E-state index contributed by atoms with van der Waals surface area (Å²) in [6.45, 7) is 10.2. The number of carbonyl (C=O) groups is 2.